The Balaban J connectivity index is 2.46. The summed E-state index contributed by atoms with van der Waals surface area (Å²) in [6, 6.07) is 2.94. The topological polar surface area (TPSA) is 110 Å². The van der Waals surface area contributed by atoms with Gasteiger partial charge in [0.2, 0.25) is 15.3 Å². The quantitative estimate of drug-likeness (QED) is 0.559. The maximum Gasteiger partial charge on any atom is 0.237 e. The normalized spacial score (nSPS) is 12.5. The standard InChI is InChI=1S/C13H10Cl2N4O4S3/c1-25(20,21)11-8(3-4-9-10(11)17-6-24-9)19(26(2,22)23)12-7(14)5-16-13(15)18-12/h3-6H,1-2H3. The van der Waals surface area contributed by atoms with Gasteiger partial charge in [-0.05, 0) is 23.7 Å². The van der Waals surface area contributed by atoms with E-state index in [2.05, 4.69) is 15.0 Å². The van der Waals surface area contributed by atoms with E-state index in [1.807, 2.05) is 0 Å². The molecule has 0 atom stereocenters. The molecule has 1 aromatic carbocycles. The van der Waals surface area contributed by atoms with Gasteiger partial charge in [-0.15, -0.1) is 11.3 Å². The Labute approximate surface area is 163 Å². The number of thiazole rings is 1. The number of halogens is 2. The summed E-state index contributed by atoms with van der Waals surface area (Å²) in [6.07, 6.45) is 3.00. The van der Waals surface area contributed by atoms with Crippen molar-refractivity contribution in [2.45, 2.75) is 4.90 Å². The number of aromatic nitrogens is 3. The Morgan fingerprint density at radius 1 is 1.08 bits per heavy atom. The molecule has 8 nitrogen and oxygen atoms in total. The molecule has 0 aliphatic rings. The summed E-state index contributed by atoms with van der Waals surface area (Å²) in [5.74, 6) is -0.256. The molecule has 0 amide bonds. The lowest BCUT2D eigenvalue weighted by molar-refractivity contribution is 0.600. The summed E-state index contributed by atoms with van der Waals surface area (Å²) in [7, 11) is -7.88. The van der Waals surface area contributed by atoms with Crippen LogP contribution in [0.1, 0.15) is 0 Å². The Bertz CT molecular complexity index is 1230. The number of hydrogen-bond donors (Lipinski definition) is 0. The van der Waals surface area contributed by atoms with E-state index >= 15 is 0 Å². The fourth-order valence-electron chi connectivity index (χ4n) is 2.35. The van der Waals surface area contributed by atoms with Crippen LogP contribution in [0.4, 0.5) is 11.5 Å². The first-order valence-corrected chi connectivity index (χ1v) is 12.1. The summed E-state index contributed by atoms with van der Waals surface area (Å²) in [5, 5.41) is -0.355. The number of nitrogens with zero attached hydrogens (tertiary/aromatic N) is 4. The first kappa shape index (κ1) is 19.2. The second kappa shape index (κ2) is 6.57. The van der Waals surface area contributed by atoms with Crippen molar-refractivity contribution >= 4 is 76.1 Å². The zero-order chi connectivity index (χ0) is 19.3. The van der Waals surface area contributed by atoms with Gasteiger partial charge in [-0.1, -0.05) is 11.6 Å². The van der Waals surface area contributed by atoms with E-state index in [0.29, 0.717) is 4.70 Å². The fourth-order valence-corrected chi connectivity index (χ4v) is 5.53. The van der Waals surface area contributed by atoms with Crippen molar-refractivity contribution in [1.29, 1.82) is 0 Å². The van der Waals surface area contributed by atoms with E-state index in [0.717, 1.165) is 23.0 Å². The van der Waals surface area contributed by atoms with Crippen molar-refractivity contribution in [2.75, 3.05) is 16.8 Å². The summed E-state index contributed by atoms with van der Waals surface area (Å²) in [5.41, 5.74) is 1.49. The third kappa shape index (κ3) is 3.49. The Morgan fingerprint density at radius 2 is 1.77 bits per heavy atom. The number of sulfonamides is 1. The molecule has 26 heavy (non-hydrogen) atoms. The Morgan fingerprint density at radius 3 is 2.38 bits per heavy atom. The SMILES string of the molecule is CS(=O)(=O)c1c(N(c2nc(Cl)ncc2Cl)S(C)(=O)=O)ccc2scnc12. The monoisotopic (exact) mass is 452 g/mol. The van der Waals surface area contributed by atoms with Crippen LogP contribution in [0.15, 0.2) is 28.7 Å². The predicted octanol–water partition coefficient (Wildman–Crippen LogP) is 2.89. The lowest BCUT2D eigenvalue weighted by Gasteiger charge is -2.24. The third-order valence-corrected chi connectivity index (χ3v) is 6.66. The molecule has 13 heteroatoms. The molecule has 0 aliphatic carbocycles. The zero-order valence-corrected chi connectivity index (χ0v) is 17.2. The van der Waals surface area contributed by atoms with Crippen LogP contribution in [-0.4, -0.2) is 44.3 Å². The van der Waals surface area contributed by atoms with Crippen LogP contribution >= 0.6 is 34.5 Å². The van der Waals surface area contributed by atoms with E-state index < -0.39 is 19.9 Å². The van der Waals surface area contributed by atoms with Crippen LogP contribution in [-0.2, 0) is 19.9 Å². The molecule has 0 aliphatic heterocycles. The summed E-state index contributed by atoms with van der Waals surface area (Å²) in [6.45, 7) is 0. The number of hydrogen-bond acceptors (Lipinski definition) is 8. The number of fused-ring (bicyclic) bond motifs is 1. The predicted molar refractivity (Wildman–Crippen MR) is 102 cm³/mol. The minimum absolute atomic E-state index is 0.113. The molecule has 0 saturated carbocycles. The van der Waals surface area contributed by atoms with Gasteiger partial charge in [0.15, 0.2) is 15.7 Å². The first-order valence-electron chi connectivity index (χ1n) is 6.75. The molecule has 138 valence electrons. The van der Waals surface area contributed by atoms with Gasteiger partial charge in [0.05, 0.1) is 28.4 Å². The van der Waals surface area contributed by atoms with Gasteiger partial charge in [-0.25, -0.2) is 31.1 Å². The molecule has 0 N–H and O–H groups in total. The van der Waals surface area contributed by atoms with Gasteiger partial charge in [0.1, 0.15) is 15.4 Å². The van der Waals surface area contributed by atoms with Crippen molar-refractivity contribution in [2.24, 2.45) is 0 Å². The average Bonchev–Trinajstić information content (AvgIpc) is 2.96. The molecule has 3 aromatic rings. The van der Waals surface area contributed by atoms with Crippen molar-refractivity contribution < 1.29 is 16.8 Å². The first-order chi connectivity index (χ1) is 12.0. The Kier molecular flexibility index (Phi) is 4.86. The van der Waals surface area contributed by atoms with Crippen LogP contribution in [0.25, 0.3) is 10.2 Å². The molecule has 0 saturated heterocycles. The third-order valence-electron chi connectivity index (χ3n) is 3.24. The summed E-state index contributed by atoms with van der Waals surface area (Å²) < 4.78 is 51.2. The summed E-state index contributed by atoms with van der Waals surface area (Å²) >= 11 is 13.1. The van der Waals surface area contributed by atoms with Crippen molar-refractivity contribution in [3.8, 4) is 0 Å². The minimum Gasteiger partial charge on any atom is -0.243 e. The Hall–Kier alpha value is -1.53. The highest BCUT2D eigenvalue weighted by molar-refractivity contribution is 7.93. The highest BCUT2D eigenvalue weighted by Gasteiger charge is 2.31. The second-order valence-corrected chi connectivity index (χ2v) is 10.6. The number of anilines is 2. The van der Waals surface area contributed by atoms with Gasteiger partial charge in [0, 0.05) is 6.26 Å². The van der Waals surface area contributed by atoms with Crippen molar-refractivity contribution in [3.63, 3.8) is 0 Å². The maximum atomic E-state index is 12.5. The molecular weight excluding hydrogens is 443 g/mol. The lowest BCUT2D eigenvalue weighted by Crippen LogP contribution is -2.27. The fraction of sp³-hybridized carbons (Fsp3) is 0.154. The molecule has 2 aromatic heterocycles. The average molecular weight is 453 g/mol. The molecule has 3 rings (SSSR count). The molecule has 2 heterocycles. The zero-order valence-electron chi connectivity index (χ0n) is 13.2. The van der Waals surface area contributed by atoms with Gasteiger partial charge in [0.25, 0.3) is 0 Å². The molecule has 0 bridgehead atoms. The highest BCUT2D eigenvalue weighted by Crippen LogP contribution is 2.40. The van der Waals surface area contributed by atoms with E-state index in [4.69, 9.17) is 23.2 Å². The number of sulfone groups is 1. The molecule has 0 fully saturated rings. The second-order valence-electron chi connectivity index (χ2n) is 5.22. The van der Waals surface area contributed by atoms with Crippen molar-refractivity contribution in [3.05, 3.63) is 34.1 Å². The van der Waals surface area contributed by atoms with Crippen LogP contribution in [0, 0.1) is 0 Å². The van der Waals surface area contributed by atoms with Gasteiger partial charge in [-0.2, -0.15) is 4.98 Å². The number of rotatable bonds is 4. The summed E-state index contributed by atoms with van der Waals surface area (Å²) in [4.78, 5) is 11.4. The molecule has 0 spiro atoms. The molecule has 0 radical (unpaired) electrons. The maximum absolute atomic E-state index is 12.5. The van der Waals surface area contributed by atoms with E-state index in [1.54, 1.807) is 6.07 Å². The van der Waals surface area contributed by atoms with Gasteiger partial charge < -0.3 is 0 Å². The molecule has 0 unspecified atom stereocenters. The van der Waals surface area contributed by atoms with Crippen LogP contribution in [0.2, 0.25) is 10.3 Å². The van der Waals surface area contributed by atoms with Gasteiger partial charge >= 0.3 is 0 Å². The van der Waals surface area contributed by atoms with Crippen LogP contribution in [0.3, 0.4) is 0 Å². The minimum atomic E-state index is -4.03. The molecular formula is C13H10Cl2N4O4S3. The van der Waals surface area contributed by atoms with Crippen molar-refractivity contribution in [1.82, 2.24) is 15.0 Å². The highest BCUT2D eigenvalue weighted by atomic mass is 35.5. The van der Waals surface area contributed by atoms with E-state index in [-0.39, 0.29) is 32.2 Å². The number of benzene rings is 1. The van der Waals surface area contributed by atoms with E-state index in [1.165, 1.54) is 22.9 Å². The smallest absolute Gasteiger partial charge is 0.237 e. The van der Waals surface area contributed by atoms with Gasteiger partial charge in [-0.3, -0.25) is 0 Å². The van der Waals surface area contributed by atoms with E-state index in [9.17, 15) is 16.8 Å². The lowest BCUT2D eigenvalue weighted by atomic mass is 10.3. The largest absolute Gasteiger partial charge is 0.243 e. The van der Waals surface area contributed by atoms with Crippen LogP contribution < -0.4 is 4.31 Å². The van der Waals surface area contributed by atoms with Crippen LogP contribution in [0.5, 0.6) is 0 Å².